The van der Waals surface area contributed by atoms with Gasteiger partial charge in [0.1, 0.15) is 0 Å². The van der Waals surface area contributed by atoms with E-state index in [1.807, 2.05) is 25.1 Å². The first-order chi connectivity index (χ1) is 17.4. The fourth-order valence-electron chi connectivity index (χ4n) is 5.31. The van der Waals surface area contributed by atoms with Gasteiger partial charge in [0.15, 0.2) is 0 Å². The first-order valence-corrected chi connectivity index (χ1v) is 13.0. The molecule has 3 aromatic rings. The van der Waals surface area contributed by atoms with Crippen LogP contribution in [0.15, 0.2) is 42.7 Å². The van der Waals surface area contributed by atoms with Gasteiger partial charge < -0.3 is 15.1 Å². The highest BCUT2D eigenvalue weighted by molar-refractivity contribution is 6.30. The summed E-state index contributed by atoms with van der Waals surface area (Å²) in [6.45, 7) is 8.41. The average Bonchev–Trinajstić information content (AvgIpc) is 2.86. The molecular formula is C28H33ClN6O. The smallest absolute Gasteiger partial charge is 0.321 e. The Morgan fingerprint density at radius 3 is 2.47 bits per heavy atom. The number of carbonyl (C=O) groups is 1. The second-order valence-electron chi connectivity index (χ2n) is 9.94. The number of carbonyl (C=O) groups excluding carboxylic acids is 1. The van der Waals surface area contributed by atoms with Crippen LogP contribution in [0.1, 0.15) is 28.7 Å². The second kappa shape index (κ2) is 10.4. The van der Waals surface area contributed by atoms with Crippen LogP contribution < -0.4 is 15.5 Å². The molecule has 1 aromatic heterocycles. The van der Waals surface area contributed by atoms with Gasteiger partial charge in [-0.3, -0.25) is 5.32 Å². The molecule has 36 heavy (non-hydrogen) atoms. The average molecular weight is 505 g/mol. The number of nitrogens with zero attached hydrogens (tertiary/aromatic N) is 4. The topological polar surface area (TPSA) is 73.4 Å². The molecule has 2 N–H and O–H groups in total. The predicted octanol–water partition coefficient (Wildman–Crippen LogP) is 4.84. The normalized spacial score (nSPS) is 18.0. The predicted molar refractivity (Wildman–Crippen MR) is 146 cm³/mol. The molecule has 0 bridgehead atoms. The number of amides is 2. The van der Waals surface area contributed by atoms with Gasteiger partial charge in [0.25, 0.3) is 0 Å². The summed E-state index contributed by atoms with van der Waals surface area (Å²) >= 11 is 6.07. The summed E-state index contributed by atoms with van der Waals surface area (Å²) in [5.41, 5.74) is 8.44. The maximum absolute atomic E-state index is 12.8. The first kappa shape index (κ1) is 24.5. The lowest BCUT2D eigenvalue weighted by molar-refractivity contribution is 0.247. The van der Waals surface area contributed by atoms with Gasteiger partial charge in [-0.2, -0.15) is 0 Å². The Balaban J connectivity index is 1.24. The van der Waals surface area contributed by atoms with Crippen LogP contribution in [-0.4, -0.2) is 60.2 Å². The number of hydrogen-bond acceptors (Lipinski definition) is 5. The third-order valence-corrected chi connectivity index (χ3v) is 7.62. The van der Waals surface area contributed by atoms with Crippen molar-refractivity contribution in [2.45, 2.75) is 39.2 Å². The Hall–Kier alpha value is -3.16. The number of aromatic nitrogens is 2. The van der Waals surface area contributed by atoms with Crippen molar-refractivity contribution in [2.24, 2.45) is 0 Å². The summed E-state index contributed by atoms with van der Waals surface area (Å²) < 4.78 is 0. The van der Waals surface area contributed by atoms with Gasteiger partial charge >= 0.3 is 6.03 Å². The number of fused-ring (bicyclic) bond motifs is 1. The summed E-state index contributed by atoms with van der Waals surface area (Å²) in [5.74, 6) is 0.285. The fourth-order valence-corrected chi connectivity index (χ4v) is 5.54. The van der Waals surface area contributed by atoms with Crippen molar-refractivity contribution in [3.63, 3.8) is 0 Å². The number of halogens is 1. The van der Waals surface area contributed by atoms with E-state index in [0.717, 1.165) is 62.1 Å². The molecule has 1 aliphatic heterocycles. The number of rotatable bonds is 4. The zero-order valence-corrected chi connectivity index (χ0v) is 21.9. The van der Waals surface area contributed by atoms with E-state index in [-0.39, 0.29) is 18.0 Å². The summed E-state index contributed by atoms with van der Waals surface area (Å²) in [6.07, 6.45) is 6.17. The molecule has 0 spiro atoms. The second-order valence-corrected chi connectivity index (χ2v) is 10.4. The first-order valence-electron chi connectivity index (χ1n) is 12.6. The number of benzene rings is 2. The van der Waals surface area contributed by atoms with Gasteiger partial charge in [0, 0.05) is 60.9 Å². The number of nitrogens with one attached hydrogen (secondary N) is 2. The third-order valence-electron chi connectivity index (χ3n) is 7.39. The minimum absolute atomic E-state index is 0.0708. The van der Waals surface area contributed by atoms with E-state index < -0.39 is 0 Å². The van der Waals surface area contributed by atoms with E-state index >= 15 is 0 Å². The molecule has 1 atom stereocenters. The zero-order chi connectivity index (χ0) is 25.2. The molecule has 2 aliphatic rings. The minimum atomic E-state index is -0.271. The van der Waals surface area contributed by atoms with Crippen LogP contribution in [0, 0.1) is 13.8 Å². The molecule has 7 nitrogen and oxygen atoms in total. The highest BCUT2D eigenvalue weighted by Crippen LogP contribution is 2.33. The van der Waals surface area contributed by atoms with E-state index in [4.69, 9.17) is 11.6 Å². The Labute approximate surface area is 217 Å². The largest absolute Gasteiger partial charge is 0.369 e. The van der Waals surface area contributed by atoms with Gasteiger partial charge in [0.2, 0.25) is 5.95 Å². The molecule has 8 heteroatoms. The summed E-state index contributed by atoms with van der Waals surface area (Å²) in [6, 6.07) is 10.0. The van der Waals surface area contributed by atoms with Gasteiger partial charge in [-0.15, -0.1) is 0 Å². The van der Waals surface area contributed by atoms with Crippen LogP contribution in [-0.2, 0) is 12.8 Å². The van der Waals surface area contributed by atoms with E-state index in [9.17, 15) is 4.79 Å². The highest BCUT2D eigenvalue weighted by atomic mass is 35.5. The minimum Gasteiger partial charge on any atom is -0.369 e. The third kappa shape index (κ3) is 5.32. The lowest BCUT2D eigenvalue weighted by Gasteiger charge is -2.37. The van der Waals surface area contributed by atoms with Crippen molar-refractivity contribution in [1.29, 1.82) is 0 Å². The van der Waals surface area contributed by atoms with Crippen LogP contribution in [0.25, 0.3) is 11.1 Å². The molecule has 0 radical (unpaired) electrons. The molecule has 0 saturated carbocycles. The van der Waals surface area contributed by atoms with Gasteiger partial charge in [0.05, 0.1) is 0 Å². The quantitative estimate of drug-likeness (QED) is 0.531. The van der Waals surface area contributed by atoms with E-state index in [2.05, 4.69) is 56.5 Å². The molecule has 1 aliphatic carbocycles. The Morgan fingerprint density at radius 1 is 1.00 bits per heavy atom. The molecule has 2 heterocycles. The Bertz CT molecular complexity index is 1250. The maximum Gasteiger partial charge on any atom is 0.321 e. The van der Waals surface area contributed by atoms with E-state index in [1.165, 1.54) is 22.4 Å². The Kier molecular flexibility index (Phi) is 7.12. The van der Waals surface area contributed by atoms with Crippen LogP contribution in [0.4, 0.5) is 16.4 Å². The number of likely N-dealkylation sites (N-methyl/N-ethyl adjacent to an activating group) is 1. The van der Waals surface area contributed by atoms with Crippen LogP contribution in [0.2, 0.25) is 5.02 Å². The van der Waals surface area contributed by atoms with Crippen LogP contribution in [0.3, 0.4) is 0 Å². The molecule has 2 amide bonds. The molecule has 2 aromatic carbocycles. The van der Waals surface area contributed by atoms with Crippen LogP contribution >= 0.6 is 11.6 Å². The monoisotopic (exact) mass is 504 g/mol. The van der Waals surface area contributed by atoms with Crippen molar-refractivity contribution in [2.75, 3.05) is 43.4 Å². The number of anilines is 2. The number of hydrogen-bond donors (Lipinski definition) is 2. The molecule has 1 saturated heterocycles. The van der Waals surface area contributed by atoms with Crippen molar-refractivity contribution in [3.05, 3.63) is 70.0 Å². The Morgan fingerprint density at radius 2 is 1.75 bits per heavy atom. The summed E-state index contributed by atoms with van der Waals surface area (Å²) in [7, 11) is 2.18. The number of urea groups is 1. The van der Waals surface area contributed by atoms with E-state index in [0.29, 0.717) is 5.02 Å². The maximum atomic E-state index is 12.8. The van der Waals surface area contributed by atoms with Crippen LogP contribution in [0.5, 0.6) is 0 Å². The van der Waals surface area contributed by atoms with Crippen molar-refractivity contribution >= 4 is 29.3 Å². The number of aryl methyl sites for hydroxylation is 2. The van der Waals surface area contributed by atoms with Gasteiger partial charge in [-0.05, 0) is 86.2 Å². The number of piperazine rings is 1. The van der Waals surface area contributed by atoms with Crippen molar-refractivity contribution < 1.29 is 4.79 Å². The SMILES string of the molecule is Cc1cc(Cl)ccc1-c1cnc(NC(=O)N[C@H]2CCc3c(C)ccc(N4CCN(C)CC4)c3C2)nc1. The highest BCUT2D eigenvalue weighted by Gasteiger charge is 2.26. The lowest BCUT2D eigenvalue weighted by atomic mass is 9.84. The molecule has 0 unspecified atom stereocenters. The van der Waals surface area contributed by atoms with Crippen molar-refractivity contribution in [1.82, 2.24) is 20.2 Å². The summed E-state index contributed by atoms with van der Waals surface area (Å²) in [4.78, 5) is 26.4. The van der Waals surface area contributed by atoms with Gasteiger partial charge in [-0.1, -0.05) is 23.7 Å². The molecule has 1 fully saturated rings. The molecular weight excluding hydrogens is 472 g/mol. The molecule has 5 rings (SSSR count). The summed E-state index contributed by atoms with van der Waals surface area (Å²) in [5, 5.41) is 6.65. The van der Waals surface area contributed by atoms with Crippen molar-refractivity contribution in [3.8, 4) is 11.1 Å². The standard InChI is InChI=1S/C28H33ClN6O/c1-18-4-9-26(35-12-10-34(3)11-13-35)25-15-22(6-8-24(18)25)32-28(36)33-27-30-16-20(17-31-27)23-7-5-21(29)14-19(23)2/h4-5,7,9,14,16-17,22H,6,8,10-13,15H2,1-3H3,(H2,30,31,32,33,36)/t22-/m0/s1. The zero-order valence-electron chi connectivity index (χ0n) is 21.1. The van der Waals surface area contributed by atoms with E-state index in [1.54, 1.807) is 12.4 Å². The molecule has 188 valence electrons. The van der Waals surface area contributed by atoms with Gasteiger partial charge in [-0.25, -0.2) is 14.8 Å². The lowest BCUT2D eigenvalue weighted by Crippen LogP contribution is -2.46. The fraction of sp³-hybridized carbons (Fsp3) is 0.393.